The van der Waals surface area contributed by atoms with Crippen molar-refractivity contribution < 1.29 is 13.2 Å². The third kappa shape index (κ3) is 3.92. The number of amides is 2. The first-order valence-electron chi connectivity index (χ1n) is 10.6. The summed E-state index contributed by atoms with van der Waals surface area (Å²) in [6, 6.07) is 3.66. The summed E-state index contributed by atoms with van der Waals surface area (Å²) in [5, 5.41) is 2.41. The summed E-state index contributed by atoms with van der Waals surface area (Å²) in [5.41, 5.74) is 4.42. The molecule has 28 heavy (non-hydrogen) atoms. The number of fused-ring (bicyclic) bond motifs is 1. The lowest BCUT2D eigenvalue weighted by Gasteiger charge is -2.31. The number of hydrogen-bond acceptors (Lipinski definition) is 4. The number of carbonyl (C=O) groups excluding carboxylic acids is 1. The van der Waals surface area contributed by atoms with Crippen LogP contribution in [-0.2, 0) is 22.9 Å². The van der Waals surface area contributed by atoms with Gasteiger partial charge in [0.1, 0.15) is 0 Å². The second kappa shape index (κ2) is 7.67. The average Bonchev–Trinajstić information content (AvgIpc) is 3.47. The van der Waals surface area contributed by atoms with Gasteiger partial charge in [-0.2, -0.15) is 0 Å². The van der Waals surface area contributed by atoms with E-state index in [4.69, 9.17) is 0 Å². The molecule has 1 atom stereocenters. The van der Waals surface area contributed by atoms with Gasteiger partial charge in [0.2, 0.25) is 10.0 Å². The van der Waals surface area contributed by atoms with Gasteiger partial charge in [-0.15, -0.1) is 0 Å². The molecule has 2 aliphatic carbocycles. The van der Waals surface area contributed by atoms with E-state index >= 15 is 0 Å². The van der Waals surface area contributed by atoms with Gasteiger partial charge in [0, 0.05) is 5.69 Å². The maximum atomic E-state index is 12.7. The monoisotopic (exact) mass is 405 g/mol. The van der Waals surface area contributed by atoms with Gasteiger partial charge in [-0.3, -0.25) is 0 Å². The Bertz CT molecular complexity index is 856. The summed E-state index contributed by atoms with van der Waals surface area (Å²) in [6.07, 6.45) is 5.57. The minimum atomic E-state index is -3.67. The normalized spacial score (nSPS) is 21.5. The SMILES string of the molecule is CCN1CCC(S(=O)(=O)NC(=O)Nc2c([C@H](C)C3CC3)ccc3c2CC3)CC1. The van der Waals surface area contributed by atoms with Crippen molar-refractivity contribution in [1.29, 1.82) is 0 Å². The maximum Gasteiger partial charge on any atom is 0.332 e. The number of rotatable bonds is 6. The molecule has 1 aromatic carbocycles. The molecule has 3 aliphatic rings. The second-order valence-corrected chi connectivity index (χ2v) is 10.5. The van der Waals surface area contributed by atoms with Gasteiger partial charge >= 0.3 is 6.03 Å². The Morgan fingerprint density at radius 3 is 2.46 bits per heavy atom. The van der Waals surface area contributed by atoms with Crippen molar-refractivity contribution in [3.8, 4) is 0 Å². The molecule has 4 rings (SSSR count). The Balaban J connectivity index is 1.46. The molecule has 1 saturated heterocycles. The van der Waals surface area contributed by atoms with Gasteiger partial charge in [0.25, 0.3) is 0 Å². The number of urea groups is 1. The highest BCUT2D eigenvalue weighted by molar-refractivity contribution is 7.90. The van der Waals surface area contributed by atoms with Crippen molar-refractivity contribution in [2.24, 2.45) is 5.92 Å². The molecule has 6 nitrogen and oxygen atoms in total. The molecule has 0 unspecified atom stereocenters. The number of benzene rings is 1. The van der Waals surface area contributed by atoms with E-state index in [-0.39, 0.29) is 0 Å². The Morgan fingerprint density at radius 1 is 1.18 bits per heavy atom. The predicted octanol–water partition coefficient (Wildman–Crippen LogP) is 3.23. The first-order valence-corrected chi connectivity index (χ1v) is 12.1. The van der Waals surface area contributed by atoms with E-state index in [1.807, 2.05) is 0 Å². The summed E-state index contributed by atoms with van der Waals surface area (Å²) < 4.78 is 27.7. The van der Waals surface area contributed by atoms with Gasteiger partial charge in [-0.25, -0.2) is 17.9 Å². The molecule has 1 saturated carbocycles. The third-order valence-electron chi connectivity index (χ3n) is 6.80. The number of likely N-dealkylation sites (tertiary alicyclic amines) is 1. The molecule has 2 amide bonds. The van der Waals surface area contributed by atoms with Gasteiger partial charge in [0.15, 0.2) is 0 Å². The van der Waals surface area contributed by atoms with E-state index < -0.39 is 21.3 Å². The fraction of sp³-hybridized carbons (Fsp3) is 0.667. The second-order valence-electron chi connectivity index (χ2n) is 8.53. The number of nitrogens with one attached hydrogen (secondary N) is 2. The van der Waals surface area contributed by atoms with Gasteiger partial charge in [-0.1, -0.05) is 26.0 Å². The van der Waals surface area contributed by atoms with E-state index in [1.165, 1.54) is 24.0 Å². The smallest absolute Gasteiger partial charge is 0.307 e. The summed E-state index contributed by atoms with van der Waals surface area (Å²) in [5.74, 6) is 1.06. The summed E-state index contributed by atoms with van der Waals surface area (Å²) in [7, 11) is -3.67. The molecule has 0 radical (unpaired) electrons. The molecule has 0 bridgehead atoms. The van der Waals surface area contributed by atoms with Gasteiger partial charge in [-0.05, 0) is 86.7 Å². The molecule has 154 valence electrons. The Kier molecular flexibility index (Phi) is 5.40. The largest absolute Gasteiger partial charge is 0.332 e. The molecule has 2 N–H and O–H groups in total. The van der Waals surface area contributed by atoms with E-state index in [0.717, 1.165) is 43.7 Å². The van der Waals surface area contributed by atoms with Crippen LogP contribution in [0.2, 0.25) is 0 Å². The molecule has 0 aromatic heterocycles. The van der Waals surface area contributed by atoms with Crippen molar-refractivity contribution in [3.05, 3.63) is 28.8 Å². The molecule has 1 aromatic rings. The Hall–Kier alpha value is -1.60. The topological polar surface area (TPSA) is 78.5 Å². The number of aryl methyl sites for hydroxylation is 1. The summed E-state index contributed by atoms with van der Waals surface area (Å²) >= 11 is 0. The zero-order chi connectivity index (χ0) is 19.9. The molecule has 1 heterocycles. The van der Waals surface area contributed by atoms with E-state index in [0.29, 0.717) is 24.7 Å². The summed E-state index contributed by atoms with van der Waals surface area (Å²) in [4.78, 5) is 14.9. The lowest BCUT2D eigenvalue weighted by Crippen LogP contribution is -2.46. The van der Waals surface area contributed by atoms with Crippen molar-refractivity contribution in [2.45, 2.75) is 63.5 Å². The van der Waals surface area contributed by atoms with Crippen LogP contribution in [0.4, 0.5) is 10.5 Å². The van der Waals surface area contributed by atoms with Gasteiger partial charge < -0.3 is 10.2 Å². The number of piperidine rings is 1. The zero-order valence-corrected chi connectivity index (χ0v) is 17.6. The van der Waals surface area contributed by atoms with Crippen LogP contribution in [0.15, 0.2) is 12.1 Å². The fourth-order valence-electron chi connectivity index (χ4n) is 4.58. The molecule has 7 heteroatoms. The molecule has 2 fully saturated rings. The zero-order valence-electron chi connectivity index (χ0n) is 16.8. The van der Waals surface area contributed by atoms with E-state index in [1.54, 1.807) is 0 Å². The Morgan fingerprint density at radius 2 is 1.89 bits per heavy atom. The van der Waals surface area contributed by atoms with Crippen molar-refractivity contribution in [2.75, 3.05) is 25.0 Å². The van der Waals surface area contributed by atoms with E-state index in [2.05, 4.69) is 40.9 Å². The van der Waals surface area contributed by atoms with Crippen molar-refractivity contribution >= 4 is 21.7 Å². The lowest BCUT2D eigenvalue weighted by atomic mass is 9.82. The van der Waals surface area contributed by atoms with Crippen molar-refractivity contribution in [3.63, 3.8) is 0 Å². The van der Waals surface area contributed by atoms with Crippen LogP contribution < -0.4 is 10.0 Å². The molecule has 0 spiro atoms. The number of hydrogen-bond donors (Lipinski definition) is 2. The van der Waals surface area contributed by atoms with Crippen LogP contribution in [0.5, 0.6) is 0 Å². The lowest BCUT2D eigenvalue weighted by molar-refractivity contribution is 0.240. The number of carbonyl (C=O) groups is 1. The van der Waals surface area contributed by atoms with Gasteiger partial charge in [0.05, 0.1) is 5.25 Å². The fourth-order valence-corrected chi connectivity index (χ4v) is 5.88. The van der Waals surface area contributed by atoms with Crippen LogP contribution in [0.1, 0.15) is 62.1 Å². The van der Waals surface area contributed by atoms with Crippen LogP contribution >= 0.6 is 0 Å². The number of anilines is 1. The first kappa shape index (κ1) is 19.7. The average molecular weight is 406 g/mol. The Labute approximate surface area is 168 Å². The molecular weight excluding hydrogens is 374 g/mol. The van der Waals surface area contributed by atoms with Crippen molar-refractivity contribution in [1.82, 2.24) is 9.62 Å². The highest BCUT2D eigenvalue weighted by Crippen LogP contribution is 2.46. The van der Waals surface area contributed by atoms with E-state index in [9.17, 15) is 13.2 Å². The highest BCUT2D eigenvalue weighted by Gasteiger charge is 2.34. The minimum absolute atomic E-state index is 0.385. The minimum Gasteiger partial charge on any atom is -0.307 e. The maximum absolute atomic E-state index is 12.7. The van der Waals surface area contributed by atoms with Crippen LogP contribution in [0.3, 0.4) is 0 Å². The molecule has 1 aliphatic heterocycles. The van der Waals surface area contributed by atoms with Crippen LogP contribution in [-0.4, -0.2) is 44.2 Å². The molecular formula is C21H31N3O3S. The standard InChI is InChI=1S/C21H31N3O3S/c1-3-24-12-10-17(11-13-24)28(26,27)23-21(25)22-20-18(14(2)15-4-5-15)8-6-16-7-9-19(16)20/h6,8,14-15,17H,3-5,7,9-13H2,1-2H3,(H2,22,23,25)/t14-/m1/s1. The van der Waals surface area contributed by atoms with Crippen LogP contribution in [0.25, 0.3) is 0 Å². The third-order valence-corrected chi connectivity index (χ3v) is 8.62. The van der Waals surface area contributed by atoms with Crippen LogP contribution in [0, 0.1) is 5.92 Å². The predicted molar refractivity (Wildman–Crippen MR) is 111 cm³/mol. The first-order chi connectivity index (χ1) is 13.4. The summed E-state index contributed by atoms with van der Waals surface area (Å²) in [6.45, 7) is 6.75. The highest BCUT2D eigenvalue weighted by atomic mass is 32.2. The quantitative estimate of drug-likeness (QED) is 0.762. The number of nitrogens with zero attached hydrogens (tertiary/aromatic N) is 1. The number of sulfonamides is 1.